The Hall–Kier alpha value is -1.31. The van der Waals surface area contributed by atoms with Gasteiger partial charge in [0.1, 0.15) is 12.0 Å². The van der Waals surface area contributed by atoms with Crippen LogP contribution >= 0.6 is 0 Å². The molecule has 1 aromatic carbocycles. The molecule has 0 aromatic heterocycles. The average molecular weight is 314 g/mol. The van der Waals surface area contributed by atoms with E-state index in [9.17, 15) is 4.79 Å². The maximum atomic E-state index is 11.7. The lowest BCUT2D eigenvalue weighted by Crippen LogP contribution is -2.34. The van der Waals surface area contributed by atoms with E-state index in [1.165, 1.54) is 36.8 Å². The molecular weight excluding hydrogens is 284 g/mol. The van der Waals surface area contributed by atoms with Crippen LogP contribution in [0.4, 0.5) is 0 Å². The van der Waals surface area contributed by atoms with Crippen LogP contribution in [0.3, 0.4) is 0 Å². The molecule has 1 saturated carbocycles. The molecule has 1 atom stereocenters. The van der Waals surface area contributed by atoms with Crippen LogP contribution in [-0.2, 0) is 15.6 Å². The molecule has 0 amide bonds. The third-order valence-corrected chi connectivity index (χ3v) is 5.92. The first-order chi connectivity index (χ1) is 10.8. The zero-order chi connectivity index (χ0) is 16.8. The number of carbonyl (C=O) groups excluding carboxylic acids is 1. The van der Waals surface area contributed by atoms with E-state index in [4.69, 9.17) is 4.74 Å². The average Bonchev–Trinajstić information content (AvgIpc) is 3.31. The summed E-state index contributed by atoms with van der Waals surface area (Å²) in [6.45, 7) is 12.0. The number of carbonyl (C=O) groups is 1. The van der Waals surface area contributed by atoms with Crippen LogP contribution in [0, 0.1) is 5.92 Å². The number of hydrogen-bond acceptors (Lipinski definition) is 2. The van der Waals surface area contributed by atoms with Gasteiger partial charge in [0, 0.05) is 11.5 Å². The van der Waals surface area contributed by atoms with Gasteiger partial charge in [-0.3, -0.25) is 0 Å². The molecule has 0 heterocycles. The highest BCUT2D eigenvalue weighted by atomic mass is 16.5. The highest BCUT2D eigenvalue weighted by Gasteiger charge is 2.40. The van der Waals surface area contributed by atoms with E-state index in [1.54, 1.807) is 0 Å². The second-order valence-electron chi connectivity index (χ2n) is 8.64. The Morgan fingerprint density at radius 2 is 1.70 bits per heavy atom. The van der Waals surface area contributed by atoms with Crippen molar-refractivity contribution in [2.45, 2.75) is 77.0 Å². The fraction of sp³-hybridized carbons (Fsp3) is 0.667. The fourth-order valence-corrected chi connectivity index (χ4v) is 4.05. The normalized spacial score (nSPS) is 23.0. The minimum absolute atomic E-state index is 0.00249. The van der Waals surface area contributed by atoms with Crippen molar-refractivity contribution in [3.05, 3.63) is 28.8 Å². The molecule has 3 rings (SSSR count). The number of aldehydes is 1. The number of hydrogen-bond donors (Lipinski definition) is 0. The van der Waals surface area contributed by atoms with E-state index in [0.29, 0.717) is 12.5 Å². The molecule has 1 unspecified atom stereocenters. The summed E-state index contributed by atoms with van der Waals surface area (Å²) in [4.78, 5) is 11.7. The van der Waals surface area contributed by atoms with E-state index < -0.39 is 0 Å². The Morgan fingerprint density at radius 1 is 1.13 bits per heavy atom. The smallest absolute Gasteiger partial charge is 0.127 e. The molecule has 1 fully saturated rings. The summed E-state index contributed by atoms with van der Waals surface area (Å²) in [5.41, 5.74) is 4.28. The van der Waals surface area contributed by atoms with E-state index >= 15 is 0 Å². The van der Waals surface area contributed by atoms with Gasteiger partial charge in [-0.1, -0.05) is 33.8 Å². The molecule has 0 bridgehead atoms. The van der Waals surface area contributed by atoms with Crippen LogP contribution in [0.5, 0.6) is 5.75 Å². The third-order valence-electron chi connectivity index (χ3n) is 5.92. The summed E-state index contributed by atoms with van der Waals surface area (Å²) in [6.07, 6.45) is 5.86. The van der Waals surface area contributed by atoms with Gasteiger partial charge in [0.15, 0.2) is 0 Å². The topological polar surface area (TPSA) is 26.3 Å². The standard InChI is InChI=1S/C21H30O2/c1-6-23-19-12-18-17(20(2,3)9-10-21(18,4)5)11-15(19)16(13-22)14-7-8-14/h11-14,16H,6-10H2,1-5H3. The van der Waals surface area contributed by atoms with Gasteiger partial charge in [0.2, 0.25) is 0 Å². The molecule has 0 N–H and O–H groups in total. The van der Waals surface area contributed by atoms with E-state index in [1.807, 2.05) is 6.92 Å². The van der Waals surface area contributed by atoms with Gasteiger partial charge in [0.05, 0.1) is 6.61 Å². The number of fused-ring (bicyclic) bond motifs is 1. The maximum absolute atomic E-state index is 11.7. The van der Waals surface area contributed by atoms with Gasteiger partial charge in [-0.05, 0) is 66.5 Å². The Bertz CT molecular complexity index is 609. The zero-order valence-electron chi connectivity index (χ0n) is 15.2. The largest absolute Gasteiger partial charge is 0.494 e. The van der Waals surface area contributed by atoms with Gasteiger partial charge >= 0.3 is 0 Å². The van der Waals surface area contributed by atoms with Crippen molar-refractivity contribution in [3.8, 4) is 5.75 Å². The van der Waals surface area contributed by atoms with Crippen LogP contribution in [0.15, 0.2) is 12.1 Å². The van der Waals surface area contributed by atoms with Crippen LogP contribution < -0.4 is 4.74 Å². The summed E-state index contributed by atoms with van der Waals surface area (Å²) < 4.78 is 5.97. The van der Waals surface area contributed by atoms with Gasteiger partial charge < -0.3 is 9.53 Å². The molecule has 2 heteroatoms. The van der Waals surface area contributed by atoms with Crippen molar-refractivity contribution in [1.29, 1.82) is 0 Å². The monoisotopic (exact) mass is 314 g/mol. The molecule has 0 radical (unpaired) electrons. The van der Waals surface area contributed by atoms with Crippen LogP contribution in [0.1, 0.15) is 82.9 Å². The zero-order valence-corrected chi connectivity index (χ0v) is 15.2. The SMILES string of the molecule is CCOc1cc2c(cc1C(C=O)C1CC1)C(C)(C)CCC2(C)C. The third kappa shape index (κ3) is 2.93. The summed E-state index contributed by atoms with van der Waals surface area (Å²) in [7, 11) is 0. The highest BCUT2D eigenvalue weighted by molar-refractivity contribution is 5.67. The summed E-state index contributed by atoms with van der Waals surface area (Å²) in [6, 6.07) is 4.55. The van der Waals surface area contributed by atoms with Gasteiger partial charge in [-0.2, -0.15) is 0 Å². The van der Waals surface area contributed by atoms with Crippen molar-refractivity contribution in [2.75, 3.05) is 6.61 Å². The Kier molecular flexibility index (Phi) is 4.06. The van der Waals surface area contributed by atoms with Gasteiger partial charge in [-0.25, -0.2) is 0 Å². The molecule has 2 nitrogen and oxygen atoms in total. The first-order valence-electron chi connectivity index (χ1n) is 9.07. The van der Waals surface area contributed by atoms with Crippen LogP contribution in [0.2, 0.25) is 0 Å². The molecule has 1 aromatic rings. The number of benzene rings is 1. The fourth-order valence-electron chi connectivity index (χ4n) is 4.05. The second-order valence-corrected chi connectivity index (χ2v) is 8.64. The van der Waals surface area contributed by atoms with Crippen LogP contribution in [0.25, 0.3) is 0 Å². The molecule has 126 valence electrons. The van der Waals surface area contributed by atoms with Crippen molar-refractivity contribution in [3.63, 3.8) is 0 Å². The predicted molar refractivity (Wildman–Crippen MR) is 94.4 cm³/mol. The lowest BCUT2D eigenvalue weighted by molar-refractivity contribution is -0.109. The van der Waals surface area contributed by atoms with E-state index in [-0.39, 0.29) is 16.7 Å². The number of rotatable bonds is 5. The van der Waals surface area contributed by atoms with E-state index in [0.717, 1.165) is 17.6 Å². The first-order valence-corrected chi connectivity index (χ1v) is 9.07. The maximum Gasteiger partial charge on any atom is 0.127 e. The molecule has 23 heavy (non-hydrogen) atoms. The quantitative estimate of drug-likeness (QED) is 0.705. The Balaban J connectivity index is 2.18. The summed E-state index contributed by atoms with van der Waals surface area (Å²) >= 11 is 0. The minimum atomic E-state index is 0.00249. The van der Waals surface area contributed by atoms with Gasteiger partial charge in [-0.15, -0.1) is 0 Å². The molecule has 0 spiro atoms. The highest BCUT2D eigenvalue weighted by Crippen LogP contribution is 2.51. The minimum Gasteiger partial charge on any atom is -0.494 e. The van der Waals surface area contributed by atoms with Crippen molar-refractivity contribution >= 4 is 6.29 Å². The van der Waals surface area contributed by atoms with E-state index in [2.05, 4.69) is 39.8 Å². The lowest BCUT2D eigenvalue weighted by Gasteiger charge is -2.42. The molecular formula is C21H30O2. The van der Waals surface area contributed by atoms with Crippen molar-refractivity contribution in [2.24, 2.45) is 5.92 Å². The second kappa shape index (κ2) is 5.65. The van der Waals surface area contributed by atoms with Gasteiger partial charge in [0.25, 0.3) is 0 Å². The van der Waals surface area contributed by atoms with Crippen molar-refractivity contribution < 1.29 is 9.53 Å². The summed E-state index contributed by atoms with van der Waals surface area (Å²) in [5, 5.41) is 0. The molecule has 2 aliphatic rings. The van der Waals surface area contributed by atoms with Crippen molar-refractivity contribution in [1.82, 2.24) is 0 Å². The summed E-state index contributed by atoms with van der Waals surface area (Å²) in [5.74, 6) is 1.45. The lowest BCUT2D eigenvalue weighted by atomic mass is 9.62. The Morgan fingerprint density at radius 3 is 2.17 bits per heavy atom. The predicted octanol–water partition coefficient (Wildman–Crippen LogP) is 5.13. The van der Waals surface area contributed by atoms with Crippen LogP contribution in [-0.4, -0.2) is 12.9 Å². The first kappa shape index (κ1) is 16.5. The molecule has 0 aliphatic heterocycles. The molecule has 0 saturated heterocycles. The number of ether oxygens (including phenoxy) is 1. The Labute approximate surface area is 140 Å². The molecule has 2 aliphatic carbocycles.